The van der Waals surface area contributed by atoms with E-state index in [1.807, 2.05) is 24.3 Å². The zero-order valence-corrected chi connectivity index (χ0v) is 17.3. The van der Waals surface area contributed by atoms with Crippen LogP contribution in [-0.2, 0) is 11.3 Å². The van der Waals surface area contributed by atoms with Crippen LogP contribution in [0.25, 0.3) is 0 Å². The van der Waals surface area contributed by atoms with Crippen LogP contribution in [0.1, 0.15) is 29.3 Å². The summed E-state index contributed by atoms with van der Waals surface area (Å²) in [5, 5.41) is 17.1. The number of hydrogen-bond acceptors (Lipinski definition) is 5. The van der Waals surface area contributed by atoms with Crippen molar-refractivity contribution in [2.75, 3.05) is 13.1 Å². The molecule has 0 aliphatic carbocycles. The van der Waals surface area contributed by atoms with E-state index >= 15 is 0 Å². The highest BCUT2D eigenvalue weighted by Crippen LogP contribution is 2.16. The normalized spacial score (nSPS) is 17.3. The third-order valence-electron chi connectivity index (χ3n) is 5.00. The maximum absolute atomic E-state index is 12.5. The summed E-state index contributed by atoms with van der Waals surface area (Å²) in [5.74, 6) is -0.815. The Morgan fingerprint density at radius 3 is 2.70 bits per heavy atom. The second-order valence-electron chi connectivity index (χ2n) is 7.36. The first-order chi connectivity index (χ1) is 14.3. The fraction of sp³-hybridized carbons (Fsp3) is 0.333. The molecule has 0 spiro atoms. The van der Waals surface area contributed by atoms with E-state index in [0.717, 1.165) is 31.6 Å². The summed E-state index contributed by atoms with van der Waals surface area (Å²) in [7, 11) is 0. The second kappa shape index (κ2) is 9.69. The van der Waals surface area contributed by atoms with E-state index in [9.17, 15) is 19.7 Å². The number of carbonyl (C=O) groups is 2. The fourth-order valence-electron chi connectivity index (χ4n) is 3.37. The number of benzene rings is 2. The molecule has 1 aliphatic heterocycles. The minimum atomic E-state index is -0.762. The van der Waals surface area contributed by atoms with Crippen molar-refractivity contribution in [3.8, 4) is 0 Å². The third kappa shape index (κ3) is 5.77. The van der Waals surface area contributed by atoms with Gasteiger partial charge in [-0.05, 0) is 37.1 Å². The Hall–Kier alpha value is -2.97. The monoisotopic (exact) mass is 430 g/mol. The van der Waals surface area contributed by atoms with Crippen molar-refractivity contribution in [2.24, 2.45) is 0 Å². The molecule has 2 aromatic rings. The number of rotatable bonds is 7. The lowest BCUT2D eigenvalue weighted by Crippen LogP contribution is -2.48. The first kappa shape index (κ1) is 21.7. The second-order valence-corrected chi connectivity index (χ2v) is 7.79. The van der Waals surface area contributed by atoms with Crippen molar-refractivity contribution in [3.63, 3.8) is 0 Å². The summed E-state index contributed by atoms with van der Waals surface area (Å²) in [6.45, 7) is 3.95. The first-order valence-corrected chi connectivity index (χ1v) is 10.0. The zero-order chi connectivity index (χ0) is 21.7. The van der Waals surface area contributed by atoms with Crippen LogP contribution in [-0.4, -0.2) is 46.8 Å². The largest absolute Gasteiger partial charge is 0.350 e. The Morgan fingerprint density at radius 2 is 2.00 bits per heavy atom. The molecule has 2 aromatic carbocycles. The number of nitro benzene ring substituents is 1. The molecule has 1 aliphatic rings. The minimum Gasteiger partial charge on any atom is -0.350 e. The van der Waals surface area contributed by atoms with Crippen LogP contribution >= 0.6 is 11.6 Å². The van der Waals surface area contributed by atoms with Gasteiger partial charge in [0.1, 0.15) is 6.04 Å². The zero-order valence-electron chi connectivity index (χ0n) is 16.5. The SMILES string of the molecule is C[C@H](NC(=O)c1cccc([N+](=O)[O-])c1)C(=O)N[C@@H]1CCN(Cc2ccc(Cl)cc2)C1. The molecule has 2 amide bonds. The Labute approximate surface area is 179 Å². The maximum Gasteiger partial charge on any atom is 0.270 e. The van der Waals surface area contributed by atoms with Gasteiger partial charge < -0.3 is 10.6 Å². The van der Waals surface area contributed by atoms with Gasteiger partial charge in [-0.1, -0.05) is 29.8 Å². The van der Waals surface area contributed by atoms with Crippen molar-refractivity contribution in [1.29, 1.82) is 0 Å². The molecule has 8 nitrogen and oxygen atoms in total. The van der Waals surface area contributed by atoms with Crippen LogP contribution in [0.3, 0.4) is 0 Å². The van der Waals surface area contributed by atoms with Crippen LogP contribution in [0.2, 0.25) is 5.02 Å². The summed E-state index contributed by atoms with van der Waals surface area (Å²) in [6.07, 6.45) is 0.824. The molecule has 0 unspecified atom stereocenters. The highest BCUT2D eigenvalue weighted by Gasteiger charge is 2.26. The molecule has 9 heteroatoms. The molecule has 2 N–H and O–H groups in total. The van der Waals surface area contributed by atoms with E-state index in [2.05, 4.69) is 15.5 Å². The number of non-ortho nitro benzene ring substituents is 1. The number of nitro groups is 1. The van der Waals surface area contributed by atoms with Crippen LogP contribution in [0.4, 0.5) is 5.69 Å². The van der Waals surface area contributed by atoms with Crippen LogP contribution in [0, 0.1) is 10.1 Å². The van der Waals surface area contributed by atoms with Gasteiger partial charge in [0.25, 0.3) is 11.6 Å². The van der Waals surface area contributed by atoms with E-state index < -0.39 is 16.9 Å². The van der Waals surface area contributed by atoms with Gasteiger partial charge in [-0.15, -0.1) is 0 Å². The predicted octanol–water partition coefficient (Wildman–Crippen LogP) is 2.76. The molecular formula is C21H23ClN4O4. The van der Waals surface area contributed by atoms with Gasteiger partial charge in [-0.3, -0.25) is 24.6 Å². The van der Waals surface area contributed by atoms with E-state index in [0.29, 0.717) is 5.02 Å². The Morgan fingerprint density at radius 1 is 1.27 bits per heavy atom. The van der Waals surface area contributed by atoms with Gasteiger partial charge in [-0.2, -0.15) is 0 Å². The number of nitrogens with zero attached hydrogens (tertiary/aromatic N) is 2. The standard InChI is InChI=1S/C21H23ClN4O4/c1-14(23-21(28)16-3-2-4-19(11-16)26(29)30)20(27)24-18-9-10-25(13-18)12-15-5-7-17(22)8-6-15/h2-8,11,14,18H,9-10,12-13H2,1H3,(H,23,28)(H,24,27)/t14-,18+/m0/s1. The molecule has 2 atom stereocenters. The summed E-state index contributed by atoms with van der Waals surface area (Å²) >= 11 is 5.91. The van der Waals surface area contributed by atoms with Gasteiger partial charge in [0.05, 0.1) is 4.92 Å². The van der Waals surface area contributed by atoms with Gasteiger partial charge in [0.15, 0.2) is 0 Å². The Kier molecular flexibility index (Phi) is 7.02. The van der Waals surface area contributed by atoms with Gasteiger partial charge >= 0.3 is 0 Å². The highest BCUT2D eigenvalue weighted by atomic mass is 35.5. The molecule has 1 fully saturated rings. The highest BCUT2D eigenvalue weighted by molar-refractivity contribution is 6.30. The number of hydrogen-bond donors (Lipinski definition) is 2. The third-order valence-corrected chi connectivity index (χ3v) is 5.25. The average molecular weight is 431 g/mol. The number of halogens is 1. The summed E-state index contributed by atoms with van der Waals surface area (Å²) in [5.41, 5.74) is 1.12. The van der Waals surface area contributed by atoms with Gasteiger partial charge in [0.2, 0.25) is 5.91 Å². The van der Waals surface area contributed by atoms with Crippen molar-refractivity contribution >= 4 is 29.1 Å². The van der Waals surface area contributed by atoms with E-state index in [-0.39, 0.29) is 23.2 Å². The molecule has 0 bridgehead atoms. The number of amides is 2. The predicted molar refractivity (Wildman–Crippen MR) is 113 cm³/mol. The van der Waals surface area contributed by atoms with Crippen LogP contribution < -0.4 is 10.6 Å². The topological polar surface area (TPSA) is 105 Å². The summed E-state index contributed by atoms with van der Waals surface area (Å²) in [4.78, 5) is 37.3. The quantitative estimate of drug-likeness (QED) is 0.519. The van der Waals surface area contributed by atoms with E-state index in [1.165, 1.54) is 24.3 Å². The summed E-state index contributed by atoms with van der Waals surface area (Å²) < 4.78 is 0. The number of likely N-dealkylation sites (tertiary alicyclic amines) is 1. The molecule has 1 saturated heterocycles. The van der Waals surface area contributed by atoms with Crippen molar-refractivity contribution in [2.45, 2.75) is 32.0 Å². The molecule has 0 radical (unpaired) electrons. The van der Waals surface area contributed by atoms with Crippen LogP contribution in [0.15, 0.2) is 48.5 Å². The lowest BCUT2D eigenvalue weighted by molar-refractivity contribution is -0.384. The molecule has 0 saturated carbocycles. The smallest absolute Gasteiger partial charge is 0.270 e. The Bertz CT molecular complexity index is 935. The first-order valence-electron chi connectivity index (χ1n) is 9.64. The lowest BCUT2D eigenvalue weighted by Gasteiger charge is -2.19. The van der Waals surface area contributed by atoms with Crippen molar-refractivity contribution in [3.05, 3.63) is 74.8 Å². The van der Waals surface area contributed by atoms with Crippen molar-refractivity contribution in [1.82, 2.24) is 15.5 Å². The lowest BCUT2D eigenvalue weighted by atomic mass is 10.1. The van der Waals surface area contributed by atoms with E-state index in [1.54, 1.807) is 6.92 Å². The molecule has 0 aromatic heterocycles. The van der Waals surface area contributed by atoms with Gasteiger partial charge in [-0.25, -0.2) is 0 Å². The Balaban J connectivity index is 1.48. The van der Waals surface area contributed by atoms with Crippen molar-refractivity contribution < 1.29 is 14.5 Å². The number of nitrogens with one attached hydrogen (secondary N) is 2. The minimum absolute atomic E-state index is 0.00182. The molecule has 158 valence electrons. The molecular weight excluding hydrogens is 408 g/mol. The average Bonchev–Trinajstić information content (AvgIpc) is 3.16. The maximum atomic E-state index is 12.5. The van der Waals surface area contributed by atoms with Crippen LogP contribution in [0.5, 0.6) is 0 Å². The summed E-state index contributed by atoms with van der Waals surface area (Å²) in [6, 6.07) is 12.3. The number of carbonyl (C=O) groups excluding carboxylic acids is 2. The van der Waals surface area contributed by atoms with E-state index in [4.69, 9.17) is 11.6 Å². The molecule has 3 rings (SSSR count). The molecule has 1 heterocycles. The fourth-order valence-corrected chi connectivity index (χ4v) is 3.50. The van der Waals surface area contributed by atoms with Gasteiger partial charge in [0, 0.05) is 48.4 Å². The molecule has 30 heavy (non-hydrogen) atoms.